The van der Waals surface area contributed by atoms with E-state index in [9.17, 15) is 9.90 Å². The van der Waals surface area contributed by atoms with Crippen molar-refractivity contribution in [2.24, 2.45) is 0 Å². The van der Waals surface area contributed by atoms with Crippen molar-refractivity contribution in [3.05, 3.63) is 34.9 Å². The second-order valence-corrected chi connectivity index (χ2v) is 5.21. The Bertz CT molecular complexity index is 442. The highest BCUT2D eigenvalue weighted by Gasteiger charge is 2.23. The Kier molecular flexibility index (Phi) is 4.02. The molecule has 2 rings (SSSR count). The maximum atomic E-state index is 12.0. The van der Waals surface area contributed by atoms with Gasteiger partial charge in [0.1, 0.15) is 0 Å². The van der Waals surface area contributed by atoms with E-state index in [0.717, 1.165) is 12.8 Å². The molecule has 1 saturated heterocycles. The Morgan fingerprint density at radius 1 is 1.44 bits per heavy atom. The van der Waals surface area contributed by atoms with E-state index in [0.29, 0.717) is 19.5 Å². The van der Waals surface area contributed by atoms with Crippen LogP contribution in [0.5, 0.6) is 0 Å². The van der Waals surface area contributed by atoms with Crippen molar-refractivity contribution in [2.45, 2.75) is 39.2 Å². The van der Waals surface area contributed by atoms with E-state index >= 15 is 0 Å². The number of hydrogen-bond acceptors (Lipinski definition) is 2. The molecule has 0 unspecified atom stereocenters. The summed E-state index contributed by atoms with van der Waals surface area (Å²) in [5, 5.41) is 9.41. The van der Waals surface area contributed by atoms with Gasteiger partial charge >= 0.3 is 0 Å². The van der Waals surface area contributed by atoms with Gasteiger partial charge in [-0.25, -0.2) is 0 Å². The van der Waals surface area contributed by atoms with Gasteiger partial charge in [-0.05, 0) is 37.8 Å². The number of benzene rings is 1. The van der Waals surface area contributed by atoms with E-state index in [1.165, 1.54) is 16.7 Å². The van der Waals surface area contributed by atoms with E-state index in [1.807, 2.05) is 0 Å². The highest BCUT2D eigenvalue weighted by Crippen LogP contribution is 2.15. The molecule has 0 bridgehead atoms. The molecule has 18 heavy (non-hydrogen) atoms. The predicted molar refractivity (Wildman–Crippen MR) is 71.4 cm³/mol. The number of aryl methyl sites for hydroxylation is 3. The molecular weight excluding hydrogens is 226 g/mol. The predicted octanol–water partition coefficient (Wildman–Crippen LogP) is 1.83. The first kappa shape index (κ1) is 13.1. The molecule has 0 aliphatic carbocycles. The highest BCUT2D eigenvalue weighted by molar-refractivity contribution is 5.76. The van der Waals surface area contributed by atoms with Gasteiger partial charge < -0.3 is 10.0 Å². The fourth-order valence-electron chi connectivity index (χ4n) is 2.49. The summed E-state index contributed by atoms with van der Waals surface area (Å²) in [7, 11) is 0. The zero-order chi connectivity index (χ0) is 13.1. The van der Waals surface area contributed by atoms with E-state index in [1.54, 1.807) is 4.90 Å². The molecule has 1 aliphatic rings. The zero-order valence-electron chi connectivity index (χ0n) is 11.1. The number of amides is 1. The lowest BCUT2D eigenvalue weighted by Gasteiger charge is -2.15. The summed E-state index contributed by atoms with van der Waals surface area (Å²) < 4.78 is 0. The number of aliphatic hydroxyl groups excluding tert-OH is 1. The first-order chi connectivity index (χ1) is 8.56. The molecule has 3 nitrogen and oxygen atoms in total. The minimum absolute atomic E-state index is 0.159. The van der Waals surface area contributed by atoms with E-state index in [2.05, 4.69) is 32.0 Å². The topological polar surface area (TPSA) is 40.5 Å². The van der Waals surface area contributed by atoms with Crippen LogP contribution in [0.4, 0.5) is 0 Å². The van der Waals surface area contributed by atoms with Gasteiger partial charge in [0, 0.05) is 19.5 Å². The summed E-state index contributed by atoms with van der Waals surface area (Å²) >= 11 is 0. The normalized spacial score (nSPS) is 19.3. The molecule has 3 heteroatoms. The molecule has 1 aromatic carbocycles. The molecule has 0 aromatic heterocycles. The van der Waals surface area contributed by atoms with Gasteiger partial charge in [0.15, 0.2) is 0 Å². The molecule has 0 spiro atoms. The van der Waals surface area contributed by atoms with Gasteiger partial charge in [-0.2, -0.15) is 0 Å². The molecular formula is C15H21NO2. The van der Waals surface area contributed by atoms with Crippen molar-refractivity contribution in [1.82, 2.24) is 4.90 Å². The quantitative estimate of drug-likeness (QED) is 0.885. The molecule has 1 amide bonds. The second kappa shape index (κ2) is 5.53. The van der Waals surface area contributed by atoms with Crippen molar-refractivity contribution in [3.63, 3.8) is 0 Å². The minimum Gasteiger partial charge on any atom is -0.391 e. The summed E-state index contributed by atoms with van der Waals surface area (Å²) in [4.78, 5) is 13.7. The standard InChI is InChI=1S/C15H21NO2/c1-11-3-4-13(12(2)9-11)5-6-15(18)16-8-7-14(17)10-16/h3-4,9,14,17H,5-8,10H2,1-2H3/t14-/m0/s1. The summed E-state index contributed by atoms with van der Waals surface area (Å²) in [6.07, 6.45) is 1.72. The average molecular weight is 247 g/mol. The number of carbonyl (C=O) groups excluding carboxylic acids is 1. The highest BCUT2D eigenvalue weighted by atomic mass is 16.3. The zero-order valence-corrected chi connectivity index (χ0v) is 11.1. The number of aliphatic hydroxyl groups is 1. The maximum absolute atomic E-state index is 12.0. The van der Waals surface area contributed by atoms with Crippen LogP contribution in [0.2, 0.25) is 0 Å². The summed E-state index contributed by atoms with van der Waals surface area (Å²) in [6, 6.07) is 6.35. The van der Waals surface area contributed by atoms with Crippen LogP contribution in [0.15, 0.2) is 18.2 Å². The number of carbonyl (C=O) groups is 1. The number of hydrogen-bond donors (Lipinski definition) is 1. The van der Waals surface area contributed by atoms with Crippen molar-refractivity contribution in [1.29, 1.82) is 0 Å². The minimum atomic E-state index is -0.324. The van der Waals surface area contributed by atoms with Crippen LogP contribution in [0.3, 0.4) is 0 Å². The van der Waals surface area contributed by atoms with Crippen LogP contribution >= 0.6 is 0 Å². The van der Waals surface area contributed by atoms with E-state index in [4.69, 9.17) is 0 Å². The Morgan fingerprint density at radius 2 is 2.22 bits per heavy atom. The summed E-state index contributed by atoms with van der Waals surface area (Å²) in [5.41, 5.74) is 3.75. The molecule has 1 N–H and O–H groups in total. The first-order valence-electron chi connectivity index (χ1n) is 6.58. The van der Waals surface area contributed by atoms with Gasteiger partial charge in [0.05, 0.1) is 6.10 Å². The molecule has 1 atom stereocenters. The second-order valence-electron chi connectivity index (χ2n) is 5.21. The summed E-state index contributed by atoms with van der Waals surface area (Å²) in [5.74, 6) is 0.159. The van der Waals surface area contributed by atoms with Crippen molar-refractivity contribution >= 4 is 5.91 Å². The van der Waals surface area contributed by atoms with Crippen LogP contribution in [0.25, 0.3) is 0 Å². The lowest BCUT2D eigenvalue weighted by Crippen LogP contribution is -2.29. The summed E-state index contributed by atoms with van der Waals surface area (Å²) in [6.45, 7) is 5.37. The Labute approximate surface area is 108 Å². The largest absolute Gasteiger partial charge is 0.391 e. The van der Waals surface area contributed by atoms with Crippen molar-refractivity contribution in [3.8, 4) is 0 Å². The molecule has 1 aromatic rings. The van der Waals surface area contributed by atoms with E-state index in [-0.39, 0.29) is 12.0 Å². The van der Waals surface area contributed by atoms with Gasteiger partial charge in [-0.3, -0.25) is 4.79 Å². The number of β-amino-alcohol motifs (C(OH)–C–C–N with tert-alkyl or cyclic N) is 1. The molecule has 0 saturated carbocycles. The van der Waals surface area contributed by atoms with Gasteiger partial charge in [0.25, 0.3) is 0 Å². The SMILES string of the molecule is Cc1ccc(CCC(=O)N2CC[C@H](O)C2)c(C)c1. The van der Waals surface area contributed by atoms with Gasteiger partial charge in [-0.1, -0.05) is 23.8 Å². The third kappa shape index (κ3) is 3.10. The average Bonchev–Trinajstić information content (AvgIpc) is 2.74. The Balaban J connectivity index is 1.89. The molecule has 98 valence electrons. The lowest BCUT2D eigenvalue weighted by molar-refractivity contribution is -0.130. The Morgan fingerprint density at radius 3 is 2.83 bits per heavy atom. The molecule has 1 fully saturated rings. The van der Waals surface area contributed by atoms with E-state index < -0.39 is 0 Å². The van der Waals surface area contributed by atoms with Crippen LogP contribution < -0.4 is 0 Å². The number of likely N-dealkylation sites (tertiary alicyclic amines) is 1. The van der Waals surface area contributed by atoms with Crippen LogP contribution in [-0.2, 0) is 11.2 Å². The smallest absolute Gasteiger partial charge is 0.222 e. The fraction of sp³-hybridized carbons (Fsp3) is 0.533. The third-order valence-electron chi connectivity index (χ3n) is 3.62. The molecule has 1 aliphatic heterocycles. The third-order valence-corrected chi connectivity index (χ3v) is 3.62. The van der Waals surface area contributed by atoms with Crippen LogP contribution in [0.1, 0.15) is 29.5 Å². The molecule has 1 heterocycles. The number of nitrogens with zero attached hydrogens (tertiary/aromatic N) is 1. The monoisotopic (exact) mass is 247 g/mol. The van der Waals surface area contributed by atoms with Gasteiger partial charge in [0.2, 0.25) is 5.91 Å². The van der Waals surface area contributed by atoms with Crippen molar-refractivity contribution in [2.75, 3.05) is 13.1 Å². The fourth-order valence-corrected chi connectivity index (χ4v) is 2.49. The van der Waals surface area contributed by atoms with Gasteiger partial charge in [-0.15, -0.1) is 0 Å². The lowest BCUT2D eigenvalue weighted by atomic mass is 10.0. The number of rotatable bonds is 3. The Hall–Kier alpha value is -1.35. The molecule has 0 radical (unpaired) electrons. The van der Waals surface area contributed by atoms with Crippen LogP contribution in [-0.4, -0.2) is 35.1 Å². The van der Waals surface area contributed by atoms with Crippen molar-refractivity contribution < 1.29 is 9.90 Å². The van der Waals surface area contributed by atoms with Crippen LogP contribution in [0, 0.1) is 13.8 Å². The first-order valence-corrected chi connectivity index (χ1v) is 6.58. The maximum Gasteiger partial charge on any atom is 0.222 e.